The van der Waals surface area contributed by atoms with Crippen molar-refractivity contribution in [3.05, 3.63) is 119 Å². The van der Waals surface area contributed by atoms with E-state index in [-0.39, 0.29) is 36.4 Å². The van der Waals surface area contributed by atoms with Gasteiger partial charge < -0.3 is 35.0 Å². The molecule has 20 heteroatoms. The largest absolute Gasteiger partial charge is 0.494 e. The molecule has 382 valence electrons. The number of nitrogens with one attached hydrogen (secondary N) is 2. The summed E-state index contributed by atoms with van der Waals surface area (Å²) in [6, 6.07) is 24.6. The summed E-state index contributed by atoms with van der Waals surface area (Å²) in [5.74, 6) is -2.92. The summed E-state index contributed by atoms with van der Waals surface area (Å²) in [6.07, 6.45) is -2.78. The van der Waals surface area contributed by atoms with Crippen LogP contribution in [-0.2, 0) is 41.4 Å². The number of benzene rings is 4. The number of anilines is 2. The standard InChI is InChI=1S/C53H54F3N7O8S2/c1-32-44(73-31-59-32)36-12-10-33(11-13-36)29-58-46(65)42-9-8-24-61(42)47(66)45(51(2,3)49(68)69)60-43(64)30-70-25-6-7-26-71-40-22-17-35(18-23-40)34-14-19-38(20-15-34)63-50(72)62(48(67)52(63,4)5)39-21-16-37(28-57)41(27-39)53(54,55)56/h10-23,27,31,42,45H,6-9,24-26,29-30H2,1-5H3,(H,58,65)(H,60,64)(H,68,69)/t42-,45?/m0/s1. The van der Waals surface area contributed by atoms with E-state index in [2.05, 4.69) is 15.6 Å². The van der Waals surface area contributed by atoms with Crippen molar-refractivity contribution in [2.24, 2.45) is 5.41 Å². The molecule has 1 unspecified atom stereocenters. The van der Waals surface area contributed by atoms with Gasteiger partial charge in [0.2, 0.25) is 17.7 Å². The van der Waals surface area contributed by atoms with E-state index in [4.69, 9.17) is 21.7 Å². The molecule has 2 fully saturated rings. The summed E-state index contributed by atoms with van der Waals surface area (Å²) in [7, 11) is 0. The van der Waals surface area contributed by atoms with Crippen molar-refractivity contribution in [2.75, 3.05) is 36.2 Å². The van der Waals surface area contributed by atoms with Crippen LogP contribution in [0.1, 0.15) is 75.8 Å². The summed E-state index contributed by atoms with van der Waals surface area (Å²) < 4.78 is 52.8. The van der Waals surface area contributed by atoms with Gasteiger partial charge in [-0.2, -0.15) is 18.4 Å². The number of thiocarbonyl (C=S) groups is 1. The van der Waals surface area contributed by atoms with Crippen molar-refractivity contribution in [1.29, 1.82) is 5.26 Å². The van der Waals surface area contributed by atoms with Crippen molar-refractivity contribution in [1.82, 2.24) is 20.5 Å². The van der Waals surface area contributed by atoms with Gasteiger partial charge in [0.15, 0.2) is 5.11 Å². The maximum absolute atomic E-state index is 14.0. The van der Waals surface area contributed by atoms with Crippen LogP contribution in [0.25, 0.3) is 21.6 Å². The molecule has 73 heavy (non-hydrogen) atoms. The van der Waals surface area contributed by atoms with Gasteiger partial charge in [-0.25, -0.2) is 4.98 Å². The molecule has 2 aliphatic rings. The number of likely N-dealkylation sites (tertiary alicyclic amines) is 1. The van der Waals surface area contributed by atoms with Gasteiger partial charge >= 0.3 is 12.1 Å². The lowest BCUT2D eigenvalue weighted by Crippen LogP contribution is -2.60. The molecular formula is C53H54F3N7O8S2. The fourth-order valence-electron chi connectivity index (χ4n) is 8.67. The van der Waals surface area contributed by atoms with Gasteiger partial charge in [-0.05, 0) is 137 Å². The first-order valence-electron chi connectivity index (χ1n) is 23.4. The Morgan fingerprint density at radius 2 is 1.58 bits per heavy atom. The Labute approximate surface area is 429 Å². The highest BCUT2D eigenvalue weighted by molar-refractivity contribution is 7.81. The van der Waals surface area contributed by atoms with Gasteiger partial charge in [-0.1, -0.05) is 48.5 Å². The SMILES string of the molecule is Cc1ncsc1-c1ccc(CNC(=O)[C@@H]2CCCN2C(=O)C(NC(=O)COCCCCOc2ccc(-c3ccc(N4C(=S)N(c5ccc(C#N)c(C(F)(F)F)c5)C(=O)C4(C)C)cc3)cc2)C(C)(C)C(=O)O)cc1. The minimum Gasteiger partial charge on any atom is -0.494 e. The predicted octanol–water partition coefficient (Wildman–Crippen LogP) is 8.67. The number of aryl methyl sites for hydroxylation is 1. The number of halogens is 3. The van der Waals surface area contributed by atoms with Gasteiger partial charge in [0.1, 0.15) is 30.0 Å². The van der Waals surface area contributed by atoms with E-state index in [0.29, 0.717) is 43.7 Å². The summed E-state index contributed by atoms with van der Waals surface area (Å²) >= 11 is 7.21. The van der Waals surface area contributed by atoms with E-state index in [9.17, 15) is 47.5 Å². The van der Waals surface area contributed by atoms with Crippen molar-refractivity contribution < 1.29 is 51.7 Å². The smallest absolute Gasteiger partial charge is 0.417 e. The minimum absolute atomic E-state index is 0.00798. The minimum atomic E-state index is -4.81. The van der Waals surface area contributed by atoms with Crippen molar-refractivity contribution in [2.45, 2.75) is 90.6 Å². The number of unbranched alkanes of at least 4 members (excludes halogenated alkanes) is 1. The van der Waals surface area contributed by atoms with Gasteiger partial charge in [0, 0.05) is 25.4 Å². The fraction of sp³-hybridized carbons (Fsp3) is 0.358. The quantitative estimate of drug-likeness (QED) is 0.0527. The first-order valence-corrected chi connectivity index (χ1v) is 24.7. The Hall–Kier alpha value is -7.21. The molecule has 1 aromatic heterocycles. The molecule has 0 bridgehead atoms. The van der Waals surface area contributed by atoms with Gasteiger partial charge in [0.05, 0.1) is 51.0 Å². The second kappa shape index (κ2) is 22.3. The van der Waals surface area contributed by atoms with Crippen LogP contribution in [0.4, 0.5) is 24.5 Å². The first kappa shape index (κ1) is 53.6. The number of thiazole rings is 1. The molecule has 0 spiro atoms. The highest BCUT2D eigenvalue weighted by Crippen LogP contribution is 2.40. The fourth-order valence-corrected chi connectivity index (χ4v) is 10.0. The third kappa shape index (κ3) is 11.9. The van der Waals surface area contributed by atoms with Crippen molar-refractivity contribution in [3.63, 3.8) is 0 Å². The Kier molecular flexibility index (Phi) is 16.4. The number of hydrogen-bond acceptors (Lipinski definition) is 11. The zero-order chi connectivity index (χ0) is 52.8. The molecule has 15 nitrogen and oxygen atoms in total. The topological polar surface area (TPSA) is 194 Å². The number of ether oxygens (including phenoxy) is 2. The van der Waals surface area contributed by atoms with Crippen molar-refractivity contribution in [3.8, 4) is 33.4 Å². The number of amides is 4. The Morgan fingerprint density at radius 1 is 0.945 bits per heavy atom. The molecule has 3 heterocycles. The molecule has 0 saturated carbocycles. The molecule has 7 rings (SSSR count). The van der Waals surface area contributed by atoms with Crippen LogP contribution < -0.4 is 25.2 Å². The van der Waals surface area contributed by atoms with Gasteiger partial charge in [-0.15, -0.1) is 11.3 Å². The van der Waals surface area contributed by atoms with Crippen LogP contribution in [0, 0.1) is 23.7 Å². The van der Waals surface area contributed by atoms with E-state index in [1.165, 1.54) is 24.8 Å². The van der Waals surface area contributed by atoms with Crippen LogP contribution in [0.15, 0.2) is 96.5 Å². The molecule has 5 aromatic rings. The molecular weight excluding hydrogens is 984 g/mol. The lowest BCUT2D eigenvalue weighted by atomic mass is 9.83. The average Bonchev–Trinajstić information content (AvgIpc) is 4.08. The normalized spacial score (nSPS) is 16.0. The number of carbonyl (C=O) groups excluding carboxylic acids is 4. The average molecular weight is 1040 g/mol. The molecule has 0 aliphatic carbocycles. The number of aromatic nitrogens is 1. The number of carboxylic acid groups (broad SMARTS) is 1. The number of rotatable bonds is 19. The van der Waals surface area contributed by atoms with E-state index in [0.717, 1.165) is 49.9 Å². The molecule has 2 saturated heterocycles. The predicted molar refractivity (Wildman–Crippen MR) is 272 cm³/mol. The van der Waals surface area contributed by atoms with E-state index in [1.807, 2.05) is 67.6 Å². The number of alkyl halides is 3. The molecule has 2 atom stereocenters. The van der Waals surface area contributed by atoms with Crippen LogP contribution in [0.3, 0.4) is 0 Å². The highest BCUT2D eigenvalue weighted by Gasteiger charge is 2.51. The van der Waals surface area contributed by atoms with Gasteiger partial charge in [0.25, 0.3) is 5.91 Å². The number of nitriles is 1. The Morgan fingerprint density at radius 3 is 2.19 bits per heavy atom. The maximum atomic E-state index is 14.0. The van der Waals surface area contributed by atoms with Gasteiger partial charge in [-0.3, -0.25) is 28.9 Å². The van der Waals surface area contributed by atoms with Crippen LogP contribution in [-0.4, -0.2) is 93.7 Å². The Bertz CT molecular complexity index is 2920. The lowest BCUT2D eigenvalue weighted by molar-refractivity contribution is -0.156. The molecule has 0 radical (unpaired) electrons. The number of carboxylic acids is 1. The molecule has 4 aromatic carbocycles. The van der Waals surface area contributed by atoms with Crippen LogP contribution in [0.5, 0.6) is 5.75 Å². The maximum Gasteiger partial charge on any atom is 0.417 e. The summed E-state index contributed by atoms with van der Waals surface area (Å²) in [4.78, 5) is 75.9. The van der Waals surface area contributed by atoms with E-state index in [1.54, 1.807) is 53.8 Å². The first-order chi connectivity index (χ1) is 34.6. The lowest BCUT2D eigenvalue weighted by Gasteiger charge is -2.35. The molecule has 2 aliphatic heterocycles. The van der Waals surface area contributed by atoms with Crippen LogP contribution in [0.2, 0.25) is 0 Å². The number of carbonyl (C=O) groups is 5. The van der Waals surface area contributed by atoms with E-state index >= 15 is 0 Å². The zero-order valence-electron chi connectivity index (χ0n) is 40.7. The summed E-state index contributed by atoms with van der Waals surface area (Å²) in [6.45, 7) is 8.48. The number of aliphatic carboxylic acids is 1. The van der Waals surface area contributed by atoms with Crippen molar-refractivity contribution >= 4 is 69.6 Å². The second-order valence-corrected chi connectivity index (χ2v) is 20.0. The third-order valence-corrected chi connectivity index (χ3v) is 14.3. The second-order valence-electron chi connectivity index (χ2n) is 18.7. The zero-order valence-corrected chi connectivity index (χ0v) is 42.4. The Balaban J connectivity index is 0.852. The molecule has 4 amide bonds. The monoisotopic (exact) mass is 1040 g/mol. The van der Waals surface area contributed by atoms with E-state index < -0.39 is 70.6 Å². The highest BCUT2D eigenvalue weighted by atomic mass is 32.1. The molecule has 3 N–H and O–H groups in total. The number of nitrogens with zero attached hydrogens (tertiary/aromatic N) is 5. The number of hydrogen-bond donors (Lipinski definition) is 3. The third-order valence-electron chi connectivity index (χ3n) is 12.9. The summed E-state index contributed by atoms with van der Waals surface area (Å²) in [5, 5.41) is 24.8. The van der Waals surface area contributed by atoms with Crippen LogP contribution >= 0.6 is 23.6 Å². The summed E-state index contributed by atoms with van der Waals surface area (Å²) in [5.41, 5.74) is 2.10.